The molecule has 0 aliphatic carbocycles. The normalized spacial score (nSPS) is 14.3. The maximum absolute atomic E-state index is 4.74. The molecule has 0 atom stereocenters. The molecule has 0 spiro atoms. The second kappa shape index (κ2) is 8.03. The summed E-state index contributed by atoms with van der Waals surface area (Å²) in [6, 6.07) is 16.6. The minimum absolute atomic E-state index is 0.673. The van der Waals surface area contributed by atoms with Gasteiger partial charge in [0.2, 0.25) is 5.95 Å². The lowest BCUT2D eigenvalue weighted by Gasteiger charge is -2.36. The Morgan fingerprint density at radius 3 is 2.33 bits per heavy atom. The number of aromatic nitrogens is 3. The lowest BCUT2D eigenvalue weighted by atomic mass is 10.2. The number of aryl methyl sites for hydroxylation is 1. The first kappa shape index (κ1) is 17.3. The fourth-order valence-electron chi connectivity index (χ4n) is 3.31. The molecule has 3 heterocycles. The van der Waals surface area contributed by atoms with Crippen molar-refractivity contribution in [2.75, 3.05) is 41.3 Å². The van der Waals surface area contributed by atoms with Gasteiger partial charge in [0.05, 0.1) is 0 Å². The molecule has 4 rings (SSSR count). The van der Waals surface area contributed by atoms with E-state index in [4.69, 9.17) is 4.98 Å². The fourth-order valence-corrected chi connectivity index (χ4v) is 3.31. The third-order valence-corrected chi connectivity index (χ3v) is 4.77. The molecule has 0 amide bonds. The Hall–Kier alpha value is -3.15. The fraction of sp³-hybridized carbons (Fsp3) is 0.286. The number of para-hydroxylation sites is 1. The van der Waals surface area contributed by atoms with E-state index in [0.29, 0.717) is 12.5 Å². The zero-order valence-electron chi connectivity index (χ0n) is 15.5. The molecular formula is C21H24N6. The Kier molecular flexibility index (Phi) is 5.14. The van der Waals surface area contributed by atoms with Gasteiger partial charge in [0, 0.05) is 62.6 Å². The Bertz CT molecular complexity index is 860. The van der Waals surface area contributed by atoms with Gasteiger partial charge in [0.25, 0.3) is 0 Å². The van der Waals surface area contributed by atoms with Crippen molar-refractivity contribution in [3.63, 3.8) is 0 Å². The van der Waals surface area contributed by atoms with Crippen LogP contribution < -0.4 is 15.1 Å². The number of rotatable bonds is 5. The minimum atomic E-state index is 0.673. The summed E-state index contributed by atoms with van der Waals surface area (Å²) in [5, 5.41) is 3.33. The van der Waals surface area contributed by atoms with Gasteiger partial charge in [-0.05, 0) is 36.8 Å². The Labute approximate surface area is 159 Å². The predicted molar refractivity (Wildman–Crippen MR) is 109 cm³/mol. The molecular weight excluding hydrogens is 336 g/mol. The van der Waals surface area contributed by atoms with E-state index in [-0.39, 0.29) is 0 Å². The lowest BCUT2D eigenvalue weighted by Crippen LogP contribution is -2.46. The van der Waals surface area contributed by atoms with Crippen molar-refractivity contribution >= 4 is 17.5 Å². The first-order valence-electron chi connectivity index (χ1n) is 9.31. The van der Waals surface area contributed by atoms with Crippen LogP contribution in [0.5, 0.6) is 0 Å². The number of hydrogen-bond donors (Lipinski definition) is 1. The van der Waals surface area contributed by atoms with Gasteiger partial charge in [-0.1, -0.05) is 18.2 Å². The van der Waals surface area contributed by atoms with E-state index >= 15 is 0 Å². The van der Waals surface area contributed by atoms with Gasteiger partial charge in [0.15, 0.2) is 0 Å². The second-order valence-corrected chi connectivity index (χ2v) is 6.71. The van der Waals surface area contributed by atoms with Crippen molar-refractivity contribution in [2.45, 2.75) is 13.5 Å². The molecule has 1 aromatic carbocycles. The average Bonchev–Trinajstić information content (AvgIpc) is 2.73. The maximum atomic E-state index is 4.74. The SMILES string of the molecule is Cc1cc(N2CCN(c3ccccc3)CC2)nc(NCc2ccncc2)n1. The molecule has 3 aromatic rings. The molecule has 1 N–H and O–H groups in total. The minimum Gasteiger partial charge on any atom is -0.368 e. The Balaban J connectivity index is 1.41. The predicted octanol–water partition coefficient (Wildman–Crippen LogP) is 3.12. The zero-order valence-corrected chi connectivity index (χ0v) is 15.5. The zero-order chi connectivity index (χ0) is 18.5. The Morgan fingerprint density at radius 2 is 1.59 bits per heavy atom. The standard InChI is InChI=1S/C21H24N6/c1-17-15-20(25-21(24-17)23-16-18-7-9-22-10-8-18)27-13-11-26(12-14-27)19-5-3-2-4-6-19/h2-10,15H,11-14,16H2,1H3,(H,23,24,25). The summed E-state index contributed by atoms with van der Waals surface area (Å²) in [5.74, 6) is 1.67. The largest absolute Gasteiger partial charge is 0.368 e. The van der Waals surface area contributed by atoms with E-state index in [1.165, 1.54) is 5.69 Å². The van der Waals surface area contributed by atoms with Crippen LogP contribution >= 0.6 is 0 Å². The molecule has 2 aromatic heterocycles. The first-order chi connectivity index (χ1) is 13.3. The topological polar surface area (TPSA) is 57.2 Å². The quantitative estimate of drug-likeness (QED) is 0.754. The molecule has 1 aliphatic rings. The molecule has 6 heteroatoms. The van der Waals surface area contributed by atoms with Crippen LogP contribution in [-0.4, -0.2) is 41.1 Å². The lowest BCUT2D eigenvalue weighted by molar-refractivity contribution is 0.646. The molecule has 1 saturated heterocycles. The molecule has 1 fully saturated rings. The number of piperazine rings is 1. The highest BCUT2D eigenvalue weighted by atomic mass is 15.3. The third-order valence-electron chi connectivity index (χ3n) is 4.77. The van der Waals surface area contributed by atoms with Gasteiger partial charge in [-0.2, -0.15) is 4.98 Å². The molecule has 0 bridgehead atoms. The number of nitrogens with one attached hydrogen (secondary N) is 1. The summed E-state index contributed by atoms with van der Waals surface area (Å²) < 4.78 is 0. The van der Waals surface area contributed by atoms with Crippen molar-refractivity contribution in [2.24, 2.45) is 0 Å². The molecule has 0 saturated carbocycles. The molecule has 6 nitrogen and oxygen atoms in total. The highest BCUT2D eigenvalue weighted by Crippen LogP contribution is 2.20. The van der Waals surface area contributed by atoms with Crippen LogP contribution in [0.4, 0.5) is 17.5 Å². The number of benzene rings is 1. The smallest absolute Gasteiger partial charge is 0.225 e. The highest BCUT2D eigenvalue weighted by Gasteiger charge is 2.19. The van der Waals surface area contributed by atoms with Crippen LogP contribution in [-0.2, 0) is 6.54 Å². The third kappa shape index (κ3) is 4.34. The van der Waals surface area contributed by atoms with Crippen molar-refractivity contribution in [3.05, 3.63) is 72.2 Å². The van der Waals surface area contributed by atoms with Crippen molar-refractivity contribution < 1.29 is 0 Å². The van der Waals surface area contributed by atoms with Gasteiger partial charge in [-0.3, -0.25) is 4.98 Å². The van der Waals surface area contributed by atoms with Crippen molar-refractivity contribution in [1.82, 2.24) is 15.0 Å². The van der Waals surface area contributed by atoms with Gasteiger partial charge in [0.1, 0.15) is 5.82 Å². The second-order valence-electron chi connectivity index (χ2n) is 6.71. The average molecular weight is 360 g/mol. The molecule has 1 aliphatic heterocycles. The number of hydrogen-bond acceptors (Lipinski definition) is 6. The summed E-state index contributed by atoms with van der Waals surface area (Å²) in [6.45, 7) is 6.60. The van der Waals surface area contributed by atoms with Crippen LogP contribution in [0, 0.1) is 6.92 Å². The maximum Gasteiger partial charge on any atom is 0.225 e. The van der Waals surface area contributed by atoms with Gasteiger partial charge >= 0.3 is 0 Å². The van der Waals surface area contributed by atoms with Gasteiger partial charge in [-0.25, -0.2) is 4.98 Å². The number of anilines is 3. The van der Waals surface area contributed by atoms with E-state index < -0.39 is 0 Å². The molecule has 27 heavy (non-hydrogen) atoms. The van der Waals surface area contributed by atoms with Crippen LogP contribution in [0.15, 0.2) is 60.9 Å². The van der Waals surface area contributed by atoms with Crippen LogP contribution in [0.25, 0.3) is 0 Å². The number of nitrogens with zero attached hydrogens (tertiary/aromatic N) is 5. The van der Waals surface area contributed by atoms with Crippen LogP contribution in [0.3, 0.4) is 0 Å². The van der Waals surface area contributed by atoms with Crippen LogP contribution in [0.2, 0.25) is 0 Å². The first-order valence-corrected chi connectivity index (χ1v) is 9.31. The molecule has 0 radical (unpaired) electrons. The van der Waals surface area contributed by atoms with Crippen LogP contribution in [0.1, 0.15) is 11.3 Å². The van der Waals surface area contributed by atoms with E-state index in [1.54, 1.807) is 12.4 Å². The summed E-state index contributed by atoms with van der Waals surface area (Å²) in [6.07, 6.45) is 3.59. The van der Waals surface area contributed by atoms with E-state index in [0.717, 1.165) is 43.3 Å². The summed E-state index contributed by atoms with van der Waals surface area (Å²) in [5.41, 5.74) is 3.42. The Morgan fingerprint density at radius 1 is 0.889 bits per heavy atom. The monoisotopic (exact) mass is 360 g/mol. The van der Waals surface area contributed by atoms with Crippen molar-refractivity contribution in [3.8, 4) is 0 Å². The van der Waals surface area contributed by atoms with Gasteiger partial charge < -0.3 is 15.1 Å². The van der Waals surface area contributed by atoms with E-state index in [2.05, 4.69) is 61.5 Å². The van der Waals surface area contributed by atoms with Gasteiger partial charge in [-0.15, -0.1) is 0 Å². The highest BCUT2D eigenvalue weighted by molar-refractivity contribution is 5.50. The summed E-state index contributed by atoms with van der Waals surface area (Å²) in [4.78, 5) is 18.1. The molecule has 138 valence electrons. The summed E-state index contributed by atoms with van der Waals surface area (Å²) >= 11 is 0. The van der Waals surface area contributed by atoms with E-state index in [1.807, 2.05) is 19.1 Å². The number of pyridine rings is 1. The molecule has 0 unspecified atom stereocenters. The van der Waals surface area contributed by atoms with Crippen molar-refractivity contribution in [1.29, 1.82) is 0 Å². The van der Waals surface area contributed by atoms with E-state index in [9.17, 15) is 0 Å². The summed E-state index contributed by atoms with van der Waals surface area (Å²) in [7, 11) is 0.